The Morgan fingerprint density at radius 1 is 1.05 bits per heavy atom. The largest absolute Gasteiger partial charge is 0.550 e. The van der Waals surface area contributed by atoms with Crippen LogP contribution in [0, 0.1) is 5.92 Å². The highest BCUT2D eigenvalue weighted by atomic mass is 16.4. The van der Waals surface area contributed by atoms with Gasteiger partial charge in [0.05, 0.1) is 0 Å². The van der Waals surface area contributed by atoms with E-state index < -0.39 is 5.97 Å². The summed E-state index contributed by atoms with van der Waals surface area (Å²) in [5.41, 5.74) is 0. The van der Waals surface area contributed by atoms with Gasteiger partial charge in [-0.1, -0.05) is 64.5 Å². The second-order valence-corrected chi connectivity index (χ2v) is 5.63. The minimum atomic E-state index is -0.924. The van der Waals surface area contributed by atoms with Gasteiger partial charge in [0, 0.05) is 5.97 Å². The molecule has 0 aromatic rings. The van der Waals surface area contributed by atoms with Crippen LogP contribution < -0.4 is 5.11 Å². The van der Waals surface area contributed by atoms with Gasteiger partial charge in [-0.25, -0.2) is 0 Å². The molecule has 0 aliphatic carbocycles. The molecule has 0 spiro atoms. The van der Waals surface area contributed by atoms with Crippen molar-refractivity contribution in [1.29, 1.82) is 0 Å². The van der Waals surface area contributed by atoms with Crippen molar-refractivity contribution < 1.29 is 9.90 Å². The standard InChI is InChI=1S/C17H32O2/c1-3-4-5-10-13-16(2)14-11-8-6-7-9-12-15-17(18)19/h8,11,16H,3-7,9-10,12-15H2,1-2H3,(H,18,19)/p-1/b11-8-. The molecular formula is C17H31O2-. The molecule has 0 amide bonds. The molecule has 0 saturated carbocycles. The first-order valence-corrected chi connectivity index (χ1v) is 8.01. The molecule has 0 rings (SSSR count). The van der Waals surface area contributed by atoms with Crippen LogP contribution in [-0.2, 0) is 4.79 Å². The molecule has 1 unspecified atom stereocenters. The Morgan fingerprint density at radius 2 is 1.79 bits per heavy atom. The summed E-state index contributed by atoms with van der Waals surface area (Å²) in [5.74, 6) is -0.126. The molecule has 2 nitrogen and oxygen atoms in total. The van der Waals surface area contributed by atoms with Gasteiger partial charge in [-0.15, -0.1) is 0 Å². The van der Waals surface area contributed by atoms with E-state index in [9.17, 15) is 9.90 Å². The van der Waals surface area contributed by atoms with E-state index in [0.29, 0.717) is 0 Å². The fourth-order valence-electron chi connectivity index (χ4n) is 2.19. The maximum Gasteiger partial charge on any atom is 0.0414 e. The van der Waals surface area contributed by atoms with E-state index in [2.05, 4.69) is 26.0 Å². The van der Waals surface area contributed by atoms with Gasteiger partial charge < -0.3 is 9.90 Å². The zero-order valence-electron chi connectivity index (χ0n) is 12.8. The second-order valence-electron chi connectivity index (χ2n) is 5.63. The Kier molecular flexibility index (Phi) is 13.1. The van der Waals surface area contributed by atoms with Gasteiger partial charge in [0.1, 0.15) is 0 Å². The van der Waals surface area contributed by atoms with E-state index in [1.165, 1.54) is 38.5 Å². The molecule has 0 saturated heterocycles. The van der Waals surface area contributed by atoms with Crippen LogP contribution in [-0.4, -0.2) is 5.97 Å². The number of hydrogen-bond acceptors (Lipinski definition) is 2. The molecule has 0 fully saturated rings. The van der Waals surface area contributed by atoms with Crippen LogP contribution in [0.25, 0.3) is 0 Å². The van der Waals surface area contributed by atoms with Crippen molar-refractivity contribution in [2.75, 3.05) is 0 Å². The van der Waals surface area contributed by atoms with Crippen molar-refractivity contribution >= 4 is 5.97 Å². The van der Waals surface area contributed by atoms with Gasteiger partial charge in [0.15, 0.2) is 0 Å². The maximum atomic E-state index is 10.2. The molecular weight excluding hydrogens is 236 g/mol. The Labute approximate surface area is 119 Å². The zero-order chi connectivity index (χ0) is 14.3. The molecule has 0 N–H and O–H groups in total. The van der Waals surface area contributed by atoms with Crippen molar-refractivity contribution in [3.63, 3.8) is 0 Å². The number of carbonyl (C=O) groups is 1. The molecule has 0 radical (unpaired) electrons. The number of hydrogen-bond donors (Lipinski definition) is 0. The summed E-state index contributed by atoms with van der Waals surface area (Å²) in [6.45, 7) is 4.58. The molecule has 2 heteroatoms. The van der Waals surface area contributed by atoms with Crippen LogP contribution in [0.15, 0.2) is 12.2 Å². The van der Waals surface area contributed by atoms with Gasteiger partial charge in [-0.05, 0) is 38.0 Å². The fraction of sp³-hybridized carbons (Fsp3) is 0.824. The monoisotopic (exact) mass is 267 g/mol. The molecule has 0 heterocycles. The Balaban J connectivity index is 3.29. The van der Waals surface area contributed by atoms with Gasteiger partial charge >= 0.3 is 0 Å². The fourth-order valence-corrected chi connectivity index (χ4v) is 2.19. The molecule has 112 valence electrons. The molecule has 0 aliphatic heterocycles. The Bertz CT molecular complexity index is 233. The van der Waals surface area contributed by atoms with E-state index in [1.807, 2.05) is 0 Å². The molecule has 0 bridgehead atoms. The lowest BCUT2D eigenvalue weighted by Gasteiger charge is -2.07. The van der Waals surface area contributed by atoms with Crippen LogP contribution >= 0.6 is 0 Å². The summed E-state index contributed by atoms with van der Waals surface area (Å²) in [6, 6.07) is 0. The topological polar surface area (TPSA) is 40.1 Å². The lowest BCUT2D eigenvalue weighted by molar-refractivity contribution is -0.305. The molecule has 0 aromatic heterocycles. The summed E-state index contributed by atoms with van der Waals surface area (Å²) < 4.78 is 0. The highest BCUT2D eigenvalue weighted by Gasteiger charge is 1.98. The highest BCUT2D eigenvalue weighted by Crippen LogP contribution is 2.14. The molecule has 1 atom stereocenters. The number of unbranched alkanes of at least 4 members (excludes halogenated alkanes) is 6. The van der Waals surface area contributed by atoms with Crippen molar-refractivity contribution in [2.45, 2.75) is 84.5 Å². The summed E-state index contributed by atoms with van der Waals surface area (Å²) in [5, 5.41) is 10.2. The normalized spacial score (nSPS) is 12.9. The average Bonchev–Trinajstić information content (AvgIpc) is 2.37. The lowest BCUT2D eigenvalue weighted by Crippen LogP contribution is -2.21. The molecule has 0 aromatic carbocycles. The maximum absolute atomic E-state index is 10.2. The van der Waals surface area contributed by atoms with Crippen LogP contribution in [0.2, 0.25) is 0 Å². The average molecular weight is 267 g/mol. The minimum absolute atomic E-state index is 0.207. The predicted molar refractivity (Wildman–Crippen MR) is 79.8 cm³/mol. The first kappa shape index (κ1) is 18.2. The number of aliphatic carboxylic acids is 1. The SMILES string of the molecule is CCCCCCC(C)C/C=C\CCCCCC(=O)[O-]. The van der Waals surface area contributed by atoms with E-state index in [4.69, 9.17) is 0 Å². The van der Waals surface area contributed by atoms with Crippen molar-refractivity contribution in [3.8, 4) is 0 Å². The number of rotatable bonds is 13. The lowest BCUT2D eigenvalue weighted by atomic mass is 9.99. The Morgan fingerprint density at radius 3 is 2.47 bits per heavy atom. The number of allylic oxidation sites excluding steroid dienone is 2. The van der Waals surface area contributed by atoms with Crippen LogP contribution in [0.4, 0.5) is 0 Å². The Hall–Kier alpha value is -0.790. The smallest absolute Gasteiger partial charge is 0.0414 e. The summed E-state index contributed by atoms with van der Waals surface area (Å²) in [7, 11) is 0. The van der Waals surface area contributed by atoms with Gasteiger partial charge in [0.25, 0.3) is 0 Å². The third-order valence-corrected chi connectivity index (χ3v) is 3.51. The molecule has 0 aliphatic rings. The zero-order valence-corrected chi connectivity index (χ0v) is 12.8. The van der Waals surface area contributed by atoms with Crippen molar-refractivity contribution in [3.05, 3.63) is 12.2 Å². The van der Waals surface area contributed by atoms with Gasteiger partial charge in [-0.2, -0.15) is 0 Å². The summed E-state index contributed by atoms with van der Waals surface area (Å²) in [4.78, 5) is 10.2. The number of carbonyl (C=O) groups excluding carboxylic acids is 1. The van der Waals surface area contributed by atoms with E-state index in [-0.39, 0.29) is 6.42 Å². The first-order chi connectivity index (χ1) is 9.16. The van der Waals surface area contributed by atoms with Gasteiger partial charge in [-0.3, -0.25) is 0 Å². The highest BCUT2D eigenvalue weighted by molar-refractivity contribution is 5.63. The number of carboxylic acids is 1. The predicted octanol–water partition coefficient (Wildman–Crippen LogP) is 4.24. The van der Waals surface area contributed by atoms with E-state index >= 15 is 0 Å². The second kappa shape index (κ2) is 13.6. The van der Waals surface area contributed by atoms with Crippen molar-refractivity contribution in [1.82, 2.24) is 0 Å². The summed E-state index contributed by atoms with van der Waals surface area (Å²) in [6.07, 6.45) is 16.6. The van der Waals surface area contributed by atoms with Crippen LogP contribution in [0.5, 0.6) is 0 Å². The first-order valence-electron chi connectivity index (χ1n) is 8.01. The quantitative estimate of drug-likeness (QED) is 0.370. The molecule has 19 heavy (non-hydrogen) atoms. The van der Waals surface area contributed by atoms with Crippen LogP contribution in [0.1, 0.15) is 84.5 Å². The van der Waals surface area contributed by atoms with E-state index in [1.54, 1.807) is 0 Å². The summed E-state index contributed by atoms with van der Waals surface area (Å²) >= 11 is 0. The number of carboxylic acid groups (broad SMARTS) is 1. The third kappa shape index (κ3) is 15.2. The third-order valence-electron chi connectivity index (χ3n) is 3.51. The van der Waals surface area contributed by atoms with Gasteiger partial charge in [0.2, 0.25) is 0 Å². The minimum Gasteiger partial charge on any atom is -0.550 e. The van der Waals surface area contributed by atoms with E-state index in [0.717, 1.165) is 31.6 Å². The van der Waals surface area contributed by atoms with Crippen LogP contribution in [0.3, 0.4) is 0 Å². The van der Waals surface area contributed by atoms with Crippen molar-refractivity contribution in [2.24, 2.45) is 5.92 Å².